The Morgan fingerprint density at radius 3 is 2.33 bits per heavy atom. The van der Waals surface area contributed by atoms with Crippen molar-refractivity contribution < 1.29 is 0 Å². The van der Waals surface area contributed by atoms with Crippen molar-refractivity contribution in [1.29, 1.82) is 0 Å². The fraction of sp³-hybridized carbons (Fsp3) is 0.588. The number of halogens is 1. The van der Waals surface area contributed by atoms with Crippen molar-refractivity contribution in [2.75, 3.05) is 26.7 Å². The predicted molar refractivity (Wildman–Crippen MR) is 102 cm³/mol. The van der Waals surface area contributed by atoms with Gasteiger partial charge in [0.1, 0.15) is 0 Å². The van der Waals surface area contributed by atoms with Crippen LogP contribution in [0.5, 0.6) is 0 Å². The Bertz CT molecular complexity index is 425. The second-order valence-electron chi connectivity index (χ2n) is 5.88. The number of rotatable bonds is 4. The summed E-state index contributed by atoms with van der Waals surface area (Å²) >= 11 is 0. The van der Waals surface area contributed by atoms with Crippen molar-refractivity contribution in [1.82, 2.24) is 10.2 Å². The molecule has 1 heterocycles. The molecule has 0 radical (unpaired) electrons. The van der Waals surface area contributed by atoms with Crippen LogP contribution in [0.15, 0.2) is 35.3 Å². The average molecular weight is 401 g/mol. The molecule has 1 unspecified atom stereocenters. The van der Waals surface area contributed by atoms with E-state index in [4.69, 9.17) is 0 Å². The first-order valence-electron chi connectivity index (χ1n) is 7.73. The van der Waals surface area contributed by atoms with E-state index in [-0.39, 0.29) is 24.0 Å². The highest BCUT2D eigenvalue weighted by Gasteiger charge is 2.19. The molecule has 1 saturated heterocycles. The normalized spacial score (nSPS) is 16.8. The van der Waals surface area contributed by atoms with Crippen LogP contribution in [0.25, 0.3) is 0 Å². The minimum absolute atomic E-state index is 0. The summed E-state index contributed by atoms with van der Waals surface area (Å²) in [6, 6.07) is 10.8. The average Bonchev–Trinajstić information content (AvgIpc) is 2.98. The standard InChI is InChI=1S/C17H27N3.HI/c1-14(2)16(15-9-5-4-6-10-15)13-19-17(18-3)20-11-7-8-12-20;/h4-6,9-10,14,16H,7-8,11-13H2,1-3H3,(H,18,19);1H. The maximum Gasteiger partial charge on any atom is 0.193 e. The smallest absolute Gasteiger partial charge is 0.193 e. The molecular weight excluding hydrogens is 373 g/mol. The molecule has 0 spiro atoms. The predicted octanol–water partition coefficient (Wildman–Crippen LogP) is 3.72. The topological polar surface area (TPSA) is 27.6 Å². The van der Waals surface area contributed by atoms with Crippen molar-refractivity contribution >= 4 is 29.9 Å². The lowest BCUT2D eigenvalue weighted by atomic mass is 9.88. The number of nitrogens with zero attached hydrogens (tertiary/aromatic N) is 2. The Balaban J connectivity index is 0.00000220. The van der Waals surface area contributed by atoms with Crippen molar-refractivity contribution in [2.24, 2.45) is 10.9 Å². The van der Waals surface area contributed by atoms with Crippen LogP contribution in [0.3, 0.4) is 0 Å². The monoisotopic (exact) mass is 401 g/mol. The highest BCUT2D eigenvalue weighted by Crippen LogP contribution is 2.23. The van der Waals surface area contributed by atoms with Gasteiger partial charge in [0.15, 0.2) is 5.96 Å². The highest BCUT2D eigenvalue weighted by atomic mass is 127. The van der Waals surface area contributed by atoms with Gasteiger partial charge in [-0.3, -0.25) is 4.99 Å². The van der Waals surface area contributed by atoms with Gasteiger partial charge >= 0.3 is 0 Å². The van der Waals surface area contributed by atoms with E-state index in [0.29, 0.717) is 11.8 Å². The first-order chi connectivity index (χ1) is 9.72. The van der Waals surface area contributed by atoms with Gasteiger partial charge in [-0.15, -0.1) is 24.0 Å². The van der Waals surface area contributed by atoms with Crippen molar-refractivity contribution in [3.63, 3.8) is 0 Å². The van der Waals surface area contributed by atoms with Gasteiger partial charge < -0.3 is 10.2 Å². The number of nitrogens with one attached hydrogen (secondary N) is 1. The molecule has 0 bridgehead atoms. The van der Waals surface area contributed by atoms with Gasteiger partial charge in [-0.25, -0.2) is 0 Å². The maximum atomic E-state index is 4.43. The lowest BCUT2D eigenvalue weighted by Gasteiger charge is -2.26. The summed E-state index contributed by atoms with van der Waals surface area (Å²) in [7, 11) is 1.88. The van der Waals surface area contributed by atoms with Gasteiger partial charge in [0, 0.05) is 32.6 Å². The molecular formula is C17H28IN3. The summed E-state index contributed by atoms with van der Waals surface area (Å²) in [5.41, 5.74) is 1.41. The zero-order valence-electron chi connectivity index (χ0n) is 13.4. The number of aliphatic imine (C=N–C) groups is 1. The summed E-state index contributed by atoms with van der Waals surface area (Å²) in [6.07, 6.45) is 2.57. The second-order valence-corrected chi connectivity index (χ2v) is 5.88. The van der Waals surface area contributed by atoms with Crippen LogP contribution in [0, 0.1) is 5.92 Å². The molecule has 0 saturated carbocycles. The molecule has 0 amide bonds. The summed E-state index contributed by atoms with van der Waals surface area (Å²) < 4.78 is 0. The molecule has 1 atom stereocenters. The van der Waals surface area contributed by atoms with E-state index in [1.54, 1.807) is 0 Å². The van der Waals surface area contributed by atoms with E-state index in [9.17, 15) is 0 Å². The van der Waals surface area contributed by atoms with Gasteiger partial charge in [-0.1, -0.05) is 44.2 Å². The third-order valence-electron chi connectivity index (χ3n) is 4.13. The Morgan fingerprint density at radius 2 is 1.81 bits per heavy atom. The molecule has 118 valence electrons. The molecule has 1 N–H and O–H groups in total. The zero-order valence-corrected chi connectivity index (χ0v) is 15.7. The molecule has 4 heteroatoms. The van der Waals surface area contributed by atoms with E-state index >= 15 is 0 Å². The number of likely N-dealkylation sites (tertiary alicyclic amines) is 1. The highest BCUT2D eigenvalue weighted by molar-refractivity contribution is 14.0. The molecule has 3 nitrogen and oxygen atoms in total. The van der Waals surface area contributed by atoms with Crippen LogP contribution in [-0.4, -0.2) is 37.5 Å². The number of guanidine groups is 1. The van der Waals surface area contributed by atoms with E-state index in [1.807, 2.05) is 7.05 Å². The van der Waals surface area contributed by atoms with Crippen LogP contribution < -0.4 is 5.32 Å². The van der Waals surface area contributed by atoms with Crippen molar-refractivity contribution in [3.05, 3.63) is 35.9 Å². The molecule has 1 aromatic carbocycles. The fourth-order valence-corrected chi connectivity index (χ4v) is 2.90. The zero-order chi connectivity index (χ0) is 14.4. The summed E-state index contributed by atoms with van der Waals surface area (Å²) in [5, 5.41) is 3.57. The van der Waals surface area contributed by atoms with Gasteiger partial charge in [0.05, 0.1) is 0 Å². The lowest BCUT2D eigenvalue weighted by Crippen LogP contribution is -2.41. The van der Waals surface area contributed by atoms with Crippen molar-refractivity contribution in [2.45, 2.75) is 32.6 Å². The molecule has 1 aliphatic rings. The molecule has 1 fully saturated rings. The minimum atomic E-state index is 0. The van der Waals surface area contributed by atoms with Crippen LogP contribution in [0.4, 0.5) is 0 Å². The first-order valence-corrected chi connectivity index (χ1v) is 7.73. The number of hydrogen-bond acceptors (Lipinski definition) is 1. The van der Waals surface area contributed by atoms with Gasteiger partial charge in [0.2, 0.25) is 0 Å². The Morgan fingerprint density at radius 1 is 1.19 bits per heavy atom. The van der Waals surface area contributed by atoms with E-state index in [2.05, 4.69) is 59.4 Å². The molecule has 2 rings (SSSR count). The fourth-order valence-electron chi connectivity index (χ4n) is 2.90. The maximum absolute atomic E-state index is 4.43. The molecule has 0 aromatic heterocycles. The van der Waals surface area contributed by atoms with Gasteiger partial charge in [-0.05, 0) is 24.3 Å². The SMILES string of the molecule is CN=C(NCC(c1ccccc1)C(C)C)N1CCCC1.I. The third-order valence-corrected chi connectivity index (χ3v) is 4.13. The van der Waals surface area contributed by atoms with Crippen LogP contribution >= 0.6 is 24.0 Å². The molecule has 0 aliphatic carbocycles. The lowest BCUT2D eigenvalue weighted by molar-refractivity contribution is 0.456. The third kappa shape index (κ3) is 5.16. The largest absolute Gasteiger partial charge is 0.356 e. The van der Waals surface area contributed by atoms with Crippen molar-refractivity contribution in [3.8, 4) is 0 Å². The summed E-state index contributed by atoms with van der Waals surface area (Å²) in [5.74, 6) is 2.20. The molecule has 1 aromatic rings. The van der Waals surface area contributed by atoms with Gasteiger partial charge in [0.25, 0.3) is 0 Å². The minimum Gasteiger partial charge on any atom is -0.356 e. The Hall–Kier alpha value is -0.780. The van der Waals surface area contributed by atoms with Crippen LogP contribution in [0.2, 0.25) is 0 Å². The number of benzene rings is 1. The van der Waals surface area contributed by atoms with E-state index in [0.717, 1.165) is 25.6 Å². The van der Waals surface area contributed by atoms with Crippen LogP contribution in [-0.2, 0) is 0 Å². The Kier molecular flexibility index (Phi) is 8.07. The summed E-state index contributed by atoms with van der Waals surface area (Å²) in [6.45, 7) is 7.80. The van der Waals surface area contributed by atoms with Gasteiger partial charge in [-0.2, -0.15) is 0 Å². The van der Waals surface area contributed by atoms with E-state index < -0.39 is 0 Å². The summed E-state index contributed by atoms with van der Waals surface area (Å²) in [4.78, 5) is 6.79. The quantitative estimate of drug-likeness (QED) is 0.473. The van der Waals surface area contributed by atoms with Crippen LogP contribution in [0.1, 0.15) is 38.2 Å². The second kappa shape index (κ2) is 9.28. The Labute approximate surface area is 146 Å². The van der Waals surface area contributed by atoms with E-state index in [1.165, 1.54) is 18.4 Å². The number of hydrogen-bond donors (Lipinski definition) is 1. The molecule has 21 heavy (non-hydrogen) atoms. The first kappa shape index (κ1) is 18.3. The molecule has 1 aliphatic heterocycles.